The van der Waals surface area contributed by atoms with E-state index in [-0.39, 0.29) is 11.8 Å². The molecule has 1 aliphatic heterocycles. The van der Waals surface area contributed by atoms with Gasteiger partial charge in [-0.15, -0.1) is 0 Å². The molecule has 0 saturated heterocycles. The first-order valence-corrected chi connectivity index (χ1v) is 8.04. The highest BCUT2D eigenvalue weighted by molar-refractivity contribution is 5.67. The number of nitrogens with zero attached hydrogens (tertiary/aromatic N) is 2. The van der Waals surface area contributed by atoms with Crippen LogP contribution in [-0.4, -0.2) is 27.9 Å². The maximum absolute atomic E-state index is 12.1. The van der Waals surface area contributed by atoms with Crippen molar-refractivity contribution in [3.63, 3.8) is 0 Å². The van der Waals surface area contributed by atoms with E-state index in [4.69, 9.17) is 4.74 Å². The first-order chi connectivity index (χ1) is 11.1. The predicted molar refractivity (Wildman–Crippen MR) is 88.8 cm³/mol. The molecule has 0 amide bonds. The number of benzene rings is 1. The van der Waals surface area contributed by atoms with Crippen LogP contribution in [0.25, 0.3) is 11.3 Å². The standard InChI is InChI=1S/C18H22N2O3/c1-12(21)4-3-5-13-6-7-15-14(10-13)8-9-20-16(15)11-17(23-2)19-18(20)22/h6-7,10-12,21H,3-5,8-9H2,1-2H3. The molecular weight excluding hydrogens is 292 g/mol. The summed E-state index contributed by atoms with van der Waals surface area (Å²) in [6.07, 6.45) is 3.35. The molecule has 1 N–H and O–H groups in total. The zero-order valence-electron chi connectivity index (χ0n) is 13.6. The first-order valence-electron chi connectivity index (χ1n) is 8.04. The molecule has 0 saturated carbocycles. The number of hydrogen-bond acceptors (Lipinski definition) is 4. The van der Waals surface area contributed by atoms with Gasteiger partial charge in [-0.2, -0.15) is 4.98 Å². The molecule has 1 unspecified atom stereocenters. The fourth-order valence-corrected chi connectivity index (χ4v) is 3.12. The molecule has 23 heavy (non-hydrogen) atoms. The molecule has 0 fully saturated rings. The van der Waals surface area contributed by atoms with Gasteiger partial charge in [-0.25, -0.2) is 4.79 Å². The van der Waals surface area contributed by atoms with Crippen molar-refractivity contribution in [3.05, 3.63) is 45.9 Å². The molecule has 0 bridgehead atoms. The molecule has 2 aromatic rings. The Labute approximate surface area is 135 Å². The number of hydrogen-bond donors (Lipinski definition) is 1. The van der Waals surface area contributed by atoms with Crippen molar-refractivity contribution in [2.75, 3.05) is 7.11 Å². The van der Waals surface area contributed by atoms with Crippen LogP contribution in [0.1, 0.15) is 30.9 Å². The number of aromatic nitrogens is 2. The zero-order chi connectivity index (χ0) is 16.4. The normalized spacial score (nSPS) is 14.0. The second kappa shape index (κ2) is 6.54. The molecule has 122 valence electrons. The highest BCUT2D eigenvalue weighted by Crippen LogP contribution is 2.30. The molecule has 0 spiro atoms. The fourth-order valence-electron chi connectivity index (χ4n) is 3.12. The van der Waals surface area contributed by atoms with Crippen LogP contribution in [0.15, 0.2) is 29.1 Å². The van der Waals surface area contributed by atoms with E-state index in [9.17, 15) is 9.90 Å². The van der Waals surface area contributed by atoms with Crippen molar-refractivity contribution in [1.82, 2.24) is 9.55 Å². The minimum atomic E-state index is -0.258. The molecule has 1 atom stereocenters. The number of aliphatic hydroxyl groups is 1. The van der Waals surface area contributed by atoms with Gasteiger partial charge in [-0.3, -0.25) is 4.57 Å². The third kappa shape index (κ3) is 3.29. The van der Waals surface area contributed by atoms with Gasteiger partial charge in [0, 0.05) is 18.2 Å². The van der Waals surface area contributed by atoms with Crippen LogP contribution >= 0.6 is 0 Å². The van der Waals surface area contributed by atoms with E-state index in [0.29, 0.717) is 12.4 Å². The van der Waals surface area contributed by atoms with Crippen LogP contribution < -0.4 is 10.4 Å². The monoisotopic (exact) mass is 314 g/mol. The van der Waals surface area contributed by atoms with Gasteiger partial charge in [0.25, 0.3) is 0 Å². The molecular formula is C18H22N2O3. The second-order valence-corrected chi connectivity index (χ2v) is 6.10. The van der Waals surface area contributed by atoms with Gasteiger partial charge < -0.3 is 9.84 Å². The Morgan fingerprint density at radius 2 is 2.22 bits per heavy atom. The van der Waals surface area contributed by atoms with Crippen molar-refractivity contribution in [1.29, 1.82) is 0 Å². The number of ether oxygens (including phenoxy) is 1. The summed E-state index contributed by atoms with van der Waals surface area (Å²) in [4.78, 5) is 16.0. The van der Waals surface area contributed by atoms with Crippen LogP contribution in [0.3, 0.4) is 0 Å². The smallest absolute Gasteiger partial charge is 0.351 e. The Hall–Kier alpha value is -2.14. The third-order valence-corrected chi connectivity index (χ3v) is 4.33. The molecule has 1 aliphatic rings. The van der Waals surface area contributed by atoms with E-state index in [2.05, 4.69) is 23.2 Å². The van der Waals surface area contributed by atoms with E-state index in [1.165, 1.54) is 18.2 Å². The van der Waals surface area contributed by atoms with E-state index in [0.717, 1.165) is 36.9 Å². The lowest BCUT2D eigenvalue weighted by Crippen LogP contribution is -2.28. The predicted octanol–water partition coefficient (Wildman–Crippen LogP) is 2.18. The van der Waals surface area contributed by atoms with Gasteiger partial charge in [-0.1, -0.05) is 18.2 Å². The van der Waals surface area contributed by atoms with Crippen molar-refractivity contribution >= 4 is 0 Å². The maximum atomic E-state index is 12.1. The Morgan fingerprint density at radius 1 is 1.39 bits per heavy atom. The zero-order valence-corrected chi connectivity index (χ0v) is 13.6. The van der Waals surface area contributed by atoms with Crippen LogP contribution in [0, 0.1) is 0 Å². The molecule has 0 aliphatic carbocycles. The van der Waals surface area contributed by atoms with Gasteiger partial charge in [-0.05, 0) is 43.7 Å². The summed E-state index contributed by atoms with van der Waals surface area (Å²) < 4.78 is 6.83. The quantitative estimate of drug-likeness (QED) is 0.919. The van der Waals surface area contributed by atoms with Crippen molar-refractivity contribution in [2.45, 2.75) is 45.3 Å². The first kappa shape index (κ1) is 15.7. The summed E-state index contributed by atoms with van der Waals surface area (Å²) in [5, 5.41) is 9.36. The average molecular weight is 314 g/mol. The lowest BCUT2D eigenvalue weighted by Gasteiger charge is -2.22. The Bertz CT molecular complexity index is 765. The van der Waals surface area contributed by atoms with Crippen molar-refractivity contribution < 1.29 is 9.84 Å². The summed E-state index contributed by atoms with van der Waals surface area (Å²) in [7, 11) is 1.52. The number of rotatable bonds is 5. The van der Waals surface area contributed by atoms with E-state index in [1.807, 2.05) is 13.0 Å². The summed E-state index contributed by atoms with van der Waals surface area (Å²) >= 11 is 0. The number of aliphatic hydroxyl groups excluding tert-OH is 1. The van der Waals surface area contributed by atoms with Crippen LogP contribution in [0.2, 0.25) is 0 Å². The lowest BCUT2D eigenvalue weighted by atomic mass is 9.94. The highest BCUT2D eigenvalue weighted by Gasteiger charge is 2.19. The summed E-state index contributed by atoms with van der Waals surface area (Å²) in [6.45, 7) is 2.47. The van der Waals surface area contributed by atoms with Crippen LogP contribution in [0.4, 0.5) is 0 Å². The SMILES string of the molecule is COc1cc2n(c(=O)n1)CCc1cc(CCCC(C)O)ccc1-2. The van der Waals surface area contributed by atoms with E-state index in [1.54, 1.807) is 4.57 Å². The van der Waals surface area contributed by atoms with Gasteiger partial charge in [0.05, 0.1) is 18.9 Å². The summed E-state index contributed by atoms with van der Waals surface area (Å²) in [5.41, 5.74) is 4.23. The Morgan fingerprint density at radius 3 is 2.96 bits per heavy atom. The molecule has 3 rings (SSSR count). The van der Waals surface area contributed by atoms with E-state index >= 15 is 0 Å². The van der Waals surface area contributed by atoms with Crippen LogP contribution in [0.5, 0.6) is 5.88 Å². The second-order valence-electron chi connectivity index (χ2n) is 6.10. The number of methoxy groups -OCH3 is 1. The molecule has 0 radical (unpaired) electrons. The lowest BCUT2D eigenvalue weighted by molar-refractivity contribution is 0.182. The van der Waals surface area contributed by atoms with Crippen molar-refractivity contribution in [2.24, 2.45) is 0 Å². The summed E-state index contributed by atoms with van der Waals surface area (Å²) in [5.74, 6) is 0.357. The van der Waals surface area contributed by atoms with Gasteiger partial charge >= 0.3 is 5.69 Å². The number of fused-ring (bicyclic) bond motifs is 3. The van der Waals surface area contributed by atoms with Gasteiger partial charge in [0.2, 0.25) is 5.88 Å². The highest BCUT2D eigenvalue weighted by atomic mass is 16.5. The molecule has 1 aromatic heterocycles. The molecule has 2 heterocycles. The average Bonchev–Trinajstić information content (AvgIpc) is 2.53. The minimum Gasteiger partial charge on any atom is -0.481 e. The third-order valence-electron chi connectivity index (χ3n) is 4.33. The minimum absolute atomic E-state index is 0.244. The topological polar surface area (TPSA) is 64.4 Å². The molecule has 5 heteroatoms. The largest absolute Gasteiger partial charge is 0.481 e. The fraction of sp³-hybridized carbons (Fsp3) is 0.444. The maximum Gasteiger partial charge on any atom is 0.351 e. The molecule has 5 nitrogen and oxygen atoms in total. The van der Waals surface area contributed by atoms with Gasteiger partial charge in [0.1, 0.15) is 0 Å². The van der Waals surface area contributed by atoms with Gasteiger partial charge in [0.15, 0.2) is 0 Å². The number of aryl methyl sites for hydroxylation is 2. The molecule has 1 aromatic carbocycles. The van der Waals surface area contributed by atoms with Crippen molar-refractivity contribution in [3.8, 4) is 17.1 Å². The van der Waals surface area contributed by atoms with E-state index < -0.39 is 0 Å². The Balaban J connectivity index is 1.91. The van der Waals surface area contributed by atoms with Crippen LogP contribution in [-0.2, 0) is 19.4 Å². The summed E-state index contributed by atoms with van der Waals surface area (Å²) in [6, 6.07) is 8.23. The Kier molecular flexibility index (Phi) is 4.48.